The fourth-order valence-corrected chi connectivity index (χ4v) is 3.84. The topological polar surface area (TPSA) is 87.9 Å². The molecule has 0 bridgehead atoms. The maximum absolute atomic E-state index is 11.9. The van der Waals surface area contributed by atoms with Crippen molar-refractivity contribution in [3.63, 3.8) is 0 Å². The molecule has 1 aromatic heterocycles. The number of esters is 1. The number of piperazine rings is 1. The number of rotatable bonds is 6. The van der Waals surface area contributed by atoms with Crippen LogP contribution in [0, 0.1) is 0 Å². The van der Waals surface area contributed by atoms with Crippen LogP contribution in [0.1, 0.15) is 24.2 Å². The van der Waals surface area contributed by atoms with Crippen LogP contribution < -0.4 is 4.90 Å². The number of aromatic nitrogens is 2. The van der Waals surface area contributed by atoms with Gasteiger partial charge in [-0.15, -0.1) is 0 Å². The van der Waals surface area contributed by atoms with E-state index in [1.54, 1.807) is 24.5 Å². The molecule has 8 heteroatoms. The molecule has 8 nitrogen and oxygen atoms in total. The number of benzene rings is 2. The van der Waals surface area contributed by atoms with Gasteiger partial charge in [0, 0.05) is 37.6 Å². The Kier molecular flexibility index (Phi) is 5.90. The van der Waals surface area contributed by atoms with Gasteiger partial charge < -0.3 is 14.7 Å². The molecule has 3 aromatic rings. The van der Waals surface area contributed by atoms with E-state index in [0.29, 0.717) is 12.1 Å². The molecule has 1 saturated heterocycles. The normalized spacial score (nSPS) is 14.9. The standard InChI is InChI=1S/C23H26N4O4/c1-16(2)31-22(28)14-25-8-10-26(11-9-25)18-4-3-5-19(13-18)27-15-24-20-12-17(23(29)30)6-7-21(20)27/h3-7,12-13,15-16H,8-11,14H2,1-2H3,(H,29,30). The highest BCUT2D eigenvalue weighted by Crippen LogP contribution is 2.24. The molecule has 2 heterocycles. The Morgan fingerprint density at radius 2 is 1.81 bits per heavy atom. The van der Waals surface area contributed by atoms with E-state index in [2.05, 4.69) is 26.9 Å². The van der Waals surface area contributed by atoms with Gasteiger partial charge in [0.05, 0.1) is 29.2 Å². The van der Waals surface area contributed by atoms with Gasteiger partial charge in [0.15, 0.2) is 0 Å². The highest BCUT2D eigenvalue weighted by Gasteiger charge is 2.20. The van der Waals surface area contributed by atoms with Crippen molar-refractivity contribution in [3.05, 3.63) is 54.4 Å². The second-order valence-corrected chi connectivity index (χ2v) is 7.94. The fraction of sp³-hybridized carbons (Fsp3) is 0.348. The highest BCUT2D eigenvalue weighted by molar-refractivity contribution is 5.92. The van der Waals surface area contributed by atoms with E-state index in [4.69, 9.17) is 4.74 Å². The number of nitrogens with zero attached hydrogens (tertiary/aromatic N) is 4. The second kappa shape index (κ2) is 8.77. The van der Waals surface area contributed by atoms with Gasteiger partial charge in [0.1, 0.15) is 6.33 Å². The molecule has 0 atom stereocenters. The predicted molar refractivity (Wildman–Crippen MR) is 118 cm³/mol. The molecule has 0 aliphatic carbocycles. The Morgan fingerprint density at radius 1 is 1.06 bits per heavy atom. The summed E-state index contributed by atoms with van der Waals surface area (Å²) in [5.74, 6) is -1.14. The summed E-state index contributed by atoms with van der Waals surface area (Å²) in [5.41, 5.74) is 3.79. The minimum Gasteiger partial charge on any atom is -0.478 e. The molecule has 4 rings (SSSR count). The number of carboxylic acids is 1. The number of ether oxygens (including phenoxy) is 1. The van der Waals surface area contributed by atoms with E-state index in [-0.39, 0.29) is 17.6 Å². The number of aromatic carboxylic acids is 1. The van der Waals surface area contributed by atoms with Gasteiger partial charge in [-0.1, -0.05) is 6.07 Å². The molecule has 0 amide bonds. The quantitative estimate of drug-likeness (QED) is 0.611. The summed E-state index contributed by atoms with van der Waals surface area (Å²) in [6.45, 7) is 7.28. The Labute approximate surface area is 180 Å². The Balaban J connectivity index is 1.47. The lowest BCUT2D eigenvalue weighted by Gasteiger charge is -2.35. The van der Waals surface area contributed by atoms with E-state index >= 15 is 0 Å². The largest absolute Gasteiger partial charge is 0.478 e. The van der Waals surface area contributed by atoms with Crippen LogP contribution >= 0.6 is 0 Å². The third kappa shape index (κ3) is 4.69. The first-order chi connectivity index (χ1) is 14.9. The Hall–Kier alpha value is -3.39. The summed E-state index contributed by atoms with van der Waals surface area (Å²) in [4.78, 5) is 31.9. The zero-order valence-electron chi connectivity index (χ0n) is 17.7. The van der Waals surface area contributed by atoms with Crippen molar-refractivity contribution in [2.75, 3.05) is 37.6 Å². The molecule has 1 fully saturated rings. The monoisotopic (exact) mass is 422 g/mol. The second-order valence-electron chi connectivity index (χ2n) is 7.94. The van der Waals surface area contributed by atoms with E-state index < -0.39 is 5.97 Å². The minimum atomic E-state index is -0.963. The van der Waals surface area contributed by atoms with Crippen LogP contribution in [0.25, 0.3) is 16.7 Å². The lowest BCUT2D eigenvalue weighted by Crippen LogP contribution is -2.48. The summed E-state index contributed by atoms with van der Waals surface area (Å²) in [6, 6.07) is 13.2. The number of imidazole rings is 1. The predicted octanol–water partition coefficient (Wildman–Crippen LogP) is 2.80. The number of anilines is 1. The van der Waals surface area contributed by atoms with Crippen LogP contribution in [-0.2, 0) is 9.53 Å². The van der Waals surface area contributed by atoms with Gasteiger partial charge in [-0.25, -0.2) is 9.78 Å². The molecule has 0 saturated carbocycles. The van der Waals surface area contributed by atoms with Crippen LogP contribution in [0.5, 0.6) is 0 Å². The fourth-order valence-electron chi connectivity index (χ4n) is 3.84. The molecule has 1 aliphatic heterocycles. The van der Waals surface area contributed by atoms with E-state index in [1.165, 1.54) is 0 Å². The third-order valence-electron chi connectivity index (χ3n) is 5.36. The maximum Gasteiger partial charge on any atom is 0.335 e. The summed E-state index contributed by atoms with van der Waals surface area (Å²) < 4.78 is 7.20. The van der Waals surface area contributed by atoms with Crippen molar-refractivity contribution in [2.45, 2.75) is 20.0 Å². The van der Waals surface area contributed by atoms with Gasteiger partial charge in [-0.3, -0.25) is 14.3 Å². The molecule has 162 valence electrons. The molecular formula is C23H26N4O4. The number of fused-ring (bicyclic) bond motifs is 1. The number of hydrogen-bond acceptors (Lipinski definition) is 6. The first-order valence-electron chi connectivity index (χ1n) is 10.4. The van der Waals surface area contributed by atoms with Gasteiger partial charge in [-0.05, 0) is 50.2 Å². The molecule has 1 N–H and O–H groups in total. The van der Waals surface area contributed by atoms with Crippen LogP contribution in [0.15, 0.2) is 48.8 Å². The lowest BCUT2D eigenvalue weighted by atomic mass is 10.2. The Morgan fingerprint density at radius 3 is 2.52 bits per heavy atom. The zero-order valence-corrected chi connectivity index (χ0v) is 17.7. The molecule has 1 aliphatic rings. The molecule has 0 spiro atoms. The molecule has 0 unspecified atom stereocenters. The van der Waals surface area contributed by atoms with E-state index in [1.807, 2.05) is 30.5 Å². The first-order valence-corrected chi connectivity index (χ1v) is 10.4. The van der Waals surface area contributed by atoms with Crippen molar-refractivity contribution in [1.29, 1.82) is 0 Å². The van der Waals surface area contributed by atoms with Gasteiger partial charge >= 0.3 is 11.9 Å². The molecular weight excluding hydrogens is 396 g/mol. The summed E-state index contributed by atoms with van der Waals surface area (Å²) in [7, 11) is 0. The number of hydrogen-bond donors (Lipinski definition) is 1. The number of carboxylic acid groups (broad SMARTS) is 1. The number of carbonyl (C=O) groups is 2. The Bertz CT molecular complexity index is 1100. The van der Waals surface area contributed by atoms with Crippen LogP contribution in [0.3, 0.4) is 0 Å². The van der Waals surface area contributed by atoms with Crippen LogP contribution in [-0.4, -0.2) is 70.3 Å². The highest BCUT2D eigenvalue weighted by atomic mass is 16.5. The first kappa shape index (κ1) is 20.9. The molecule has 2 aromatic carbocycles. The molecule has 0 radical (unpaired) electrons. The summed E-state index contributed by atoms with van der Waals surface area (Å²) >= 11 is 0. The smallest absolute Gasteiger partial charge is 0.335 e. The number of carbonyl (C=O) groups excluding carboxylic acids is 1. The average molecular weight is 422 g/mol. The van der Waals surface area contributed by atoms with Gasteiger partial charge in [0.25, 0.3) is 0 Å². The van der Waals surface area contributed by atoms with Crippen LogP contribution in [0.4, 0.5) is 5.69 Å². The van der Waals surface area contributed by atoms with Crippen molar-refractivity contribution in [2.24, 2.45) is 0 Å². The summed E-state index contributed by atoms with van der Waals surface area (Å²) in [6.07, 6.45) is 1.62. The average Bonchev–Trinajstić information content (AvgIpc) is 3.17. The maximum atomic E-state index is 11.9. The summed E-state index contributed by atoms with van der Waals surface area (Å²) in [5, 5.41) is 9.18. The third-order valence-corrected chi connectivity index (χ3v) is 5.36. The van der Waals surface area contributed by atoms with Gasteiger partial charge in [0.2, 0.25) is 0 Å². The van der Waals surface area contributed by atoms with Crippen molar-refractivity contribution < 1.29 is 19.4 Å². The minimum absolute atomic E-state index is 0.0912. The van der Waals surface area contributed by atoms with Crippen molar-refractivity contribution in [3.8, 4) is 5.69 Å². The van der Waals surface area contributed by atoms with Crippen LogP contribution in [0.2, 0.25) is 0 Å². The van der Waals surface area contributed by atoms with E-state index in [0.717, 1.165) is 43.1 Å². The van der Waals surface area contributed by atoms with Crippen molar-refractivity contribution in [1.82, 2.24) is 14.5 Å². The van der Waals surface area contributed by atoms with Gasteiger partial charge in [-0.2, -0.15) is 0 Å². The molecule has 31 heavy (non-hydrogen) atoms. The SMILES string of the molecule is CC(C)OC(=O)CN1CCN(c2cccc(-n3cnc4cc(C(=O)O)ccc43)c2)CC1. The van der Waals surface area contributed by atoms with E-state index in [9.17, 15) is 14.7 Å². The zero-order chi connectivity index (χ0) is 22.0. The lowest BCUT2D eigenvalue weighted by molar-refractivity contribution is -0.148. The van der Waals surface area contributed by atoms with Crippen molar-refractivity contribution >= 4 is 28.7 Å².